The van der Waals surface area contributed by atoms with Crippen molar-refractivity contribution in [2.24, 2.45) is 0 Å². The topological polar surface area (TPSA) is 42.3 Å². The molecule has 2 atom stereocenters. The van der Waals surface area contributed by atoms with Crippen LogP contribution in [0.1, 0.15) is 32.6 Å². The SMILES string of the molecule is CCOCCCn1ccnc1N1CCC2CCC(C1)N2. The predicted octanol–water partition coefficient (Wildman–Crippen LogP) is 1.64. The Morgan fingerprint density at radius 1 is 1.35 bits per heavy atom. The normalized spacial score (nSPS) is 25.9. The van der Waals surface area contributed by atoms with Gasteiger partial charge < -0.3 is 19.5 Å². The first-order valence-corrected chi connectivity index (χ1v) is 7.96. The average molecular weight is 278 g/mol. The Labute approximate surface area is 121 Å². The average Bonchev–Trinajstić information content (AvgIpc) is 3.02. The molecule has 2 aliphatic heterocycles. The van der Waals surface area contributed by atoms with Crippen LogP contribution in [0.2, 0.25) is 0 Å². The van der Waals surface area contributed by atoms with E-state index in [1.165, 1.54) is 19.3 Å². The molecule has 2 fully saturated rings. The van der Waals surface area contributed by atoms with Crippen molar-refractivity contribution in [2.75, 3.05) is 31.2 Å². The van der Waals surface area contributed by atoms with Crippen LogP contribution in [0.4, 0.5) is 5.95 Å². The van der Waals surface area contributed by atoms with Crippen LogP contribution in [0, 0.1) is 0 Å². The number of hydrogen-bond donors (Lipinski definition) is 1. The van der Waals surface area contributed by atoms with Gasteiger partial charge in [-0.05, 0) is 32.6 Å². The molecule has 0 amide bonds. The summed E-state index contributed by atoms with van der Waals surface area (Å²) in [6, 6.07) is 1.38. The van der Waals surface area contributed by atoms with Crippen LogP contribution in [0.15, 0.2) is 12.4 Å². The molecular formula is C15H26N4O. The van der Waals surface area contributed by atoms with Crippen molar-refractivity contribution in [1.29, 1.82) is 0 Å². The van der Waals surface area contributed by atoms with Gasteiger partial charge in [-0.3, -0.25) is 0 Å². The van der Waals surface area contributed by atoms with Gasteiger partial charge in [0.25, 0.3) is 0 Å². The number of aromatic nitrogens is 2. The van der Waals surface area contributed by atoms with E-state index in [1.54, 1.807) is 0 Å². The summed E-state index contributed by atoms with van der Waals surface area (Å²) in [5.41, 5.74) is 0. The number of rotatable bonds is 6. The summed E-state index contributed by atoms with van der Waals surface area (Å²) in [5.74, 6) is 1.14. The van der Waals surface area contributed by atoms with Crippen molar-refractivity contribution >= 4 is 5.95 Å². The largest absolute Gasteiger partial charge is 0.382 e. The van der Waals surface area contributed by atoms with E-state index in [4.69, 9.17) is 4.74 Å². The molecule has 2 aliphatic rings. The molecular weight excluding hydrogens is 252 g/mol. The molecule has 3 heterocycles. The Kier molecular flexibility index (Phi) is 4.58. The fraction of sp³-hybridized carbons (Fsp3) is 0.800. The Morgan fingerprint density at radius 3 is 3.15 bits per heavy atom. The van der Waals surface area contributed by atoms with E-state index in [9.17, 15) is 0 Å². The van der Waals surface area contributed by atoms with E-state index in [-0.39, 0.29) is 0 Å². The van der Waals surface area contributed by atoms with Gasteiger partial charge in [-0.25, -0.2) is 4.98 Å². The Morgan fingerprint density at radius 2 is 2.25 bits per heavy atom. The van der Waals surface area contributed by atoms with Crippen molar-refractivity contribution in [3.8, 4) is 0 Å². The summed E-state index contributed by atoms with van der Waals surface area (Å²) in [5, 5.41) is 3.73. The highest BCUT2D eigenvalue weighted by atomic mass is 16.5. The molecule has 1 aromatic rings. The standard InChI is InChI=1S/C15H26N4O/c1-2-20-11-3-8-18-10-7-16-15(18)19-9-6-13-4-5-14(12-19)17-13/h7,10,13-14,17H,2-6,8-9,11-12H2,1H3. The molecule has 1 aromatic heterocycles. The summed E-state index contributed by atoms with van der Waals surface area (Å²) in [6.07, 6.45) is 8.97. The molecule has 2 unspecified atom stereocenters. The van der Waals surface area contributed by atoms with E-state index in [0.717, 1.165) is 51.3 Å². The number of fused-ring (bicyclic) bond motifs is 2. The van der Waals surface area contributed by atoms with Gasteiger partial charge in [0.05, 0.1) is 0 Å². The van der Waals surface area contributed by atoms with E-state index in [1.807, 2.05) is 13.1 Å². The van der Waals surface area contributed by atoms with Crippen molar-refractivity contribution in [3.05, 3.63) is 12.4 Å². The van der Waals surface area contributed by atoms with Crippen molar-refractivity contribution in [3.63, 3.8) is 0 Å². The maximum atomic E-state index is 5.42. The van der Waals surface area contributed by atoms with Gasteiger partial charge in [0, 0.05) is 57.3 Å². The molecule has 1 N–H and O–H groups in total. The highest BCUT2D eigenvalue weighted by molar-refractivity contribution is 5.32. The van der Waals surface area contributed by atoms with Crippen LogP contribution in [-0.2, 0) is 11.3 Å². The number of nitrogens with one attached hydrogen (secondary N) is 1. The van der Waals surface area contributed by atoms with E-state index in [0.29, 0.717) is 6.04 Å². The smallest absolute Gasteiger partial charge is 0.205 e. The maximum absolute atomic E-state index is 5.42. The second-order valence-corrected chi connectivity index (χ2v) is 5.84. The zero-order chi connectivity index (χ0) is 13.8. The van der Waals surface area contributed by atoms with Crippen molar-refractivity contribution in [2.45, 2.75) is 51.2 Å². The second-order valence-electron chi connectivity index (χ2n) is 5.84. The molecule has 20 heavy (non-hydrogen) atoms. The van der Waals surface area contributed by atoms with Crippen LogP contribution in [0.5, 0.6) is 0 Å². The number of nitrogens with zero attached hydrogens (tertiary/aromatic N) is 3. The minimum atomic E-state index is 0.649. The summed E-state index contributed by atoms with van der Waals surface area (Å²) in [4.78, 5) is 7.04. The lowest BCUT2D eigenvalue weighted by molar-refractivity contribution is 0.141. The third-order valence-corrected chi connectivity index (χ3v) is 4.39. The molecule has 5 nitrogen and oxygen atoms in total. The van der Waals surface area contributed by atoms with Gasteiger partial charge in [0.15, 0.2) is 0 Å². The molecule has 0 spiro atoms. The zero-order valence-corrected chi connectivity index (χ0v) is 12.4. The summed E-state index contributed by atoms with van der Waals surface area (Å²) in [7, 11) is 0. The first-order chi connectivity index (χ1) is 9.86. The lowest BCUT2D eigenvalue weighted by Crippen LogP contribution is -2.36. The Balaban J connectivity index is 1.60. The molecule has 112 valence electrons. The first kappa shape index (κ1) is 13.9. The molecule has 0 aliphatic carbocycles. The molecule has 3 rings (SSSR count). The van der Waals surface area contributed by atoms with Gasteiger partial charge in [-0.2, -0.15) is 0 Å². The lowest BCUT2D eigenvalue weighted by Gasteiger charge is -2.26. The van der Waals surface area contributed by atoms with Crippen LogP contribution >= 0.6 is 0 Å². The van der Waals surface area contributed by atoms with E-state index >= 15 is 0 Å². The minimum Gasteiger partial charge on any atom is -0.382 e. The van der Waals surface area contributed by atoms with Crippen LogP contribution in [0.25, 0.3) is 0 Å². The predicted molar refractivity (Wildman–Crippen MR) is 80.1 cm³/mol. The summed E-state index contributed by atoms with van der Waals surface area (Å²) < 4.78 is 7.70. The minimum absolute atomic E-state index is 0.649. The molecule has 0 aromatic carbocycles. The van der Waals surface area contributed by atoms with Gasteiger partial charge in [-0.1, -0.05) is 0 Å². The van der Waals surface area contributed by atoms with E-state index < -0.39 is 0 Å². The third kappa shape index (κ3) is 3.15. The van der Waals surface area contributed by atoms with Crippen molar-refractivity contribution in [1.82, 2.24) is 14.9 Å². The Bertz CT molecular complexity index is 420. The summed E-state index contributed by atoms with van der Waals surface area (Å²) in [6.45, 7) is 6.89. The maximum Gasteiger partial charge on any atom is 0.205 e. The fourth-order valence-electron chi connectivity index (χ4n) is 3.37. The zero-order valence-electron chi connectivity index (χ0n) is 12.4. The second kappa shape index (κ2) is 6.59. The van der Waals surface area contributed by atoms with Crippen LogP contribution in [0.3, 0.4) is 0 Å². The molecule has 5 heteroatoms. The number of ether oxygens (including phenoxy) is 1. The fourth-order valence-corrected chi connectivity index (χ4v) is 3.37. The molecule has 2 bridgehead atoms. The number of hydrogen-bond acceptors (Lipinski definition) is 4. The van der Waals surface area contributed by atoms with Crippen LogP contribution < -0.4 is 10.2 Å². The number of imidazole rings is 1. The third-order valence-electron chi connectivity index (χ3n) is 4.39. The lowest BCUT2D eigenvalue weighted by atomic mass is 10.1. The first-order valence-electron chi connectivity index (χ1n) is 7.96. The quantitative estimate of drug-likeness (QED) is 0.803. The highest BCUT2D eigenvalue weighted by Crippen LogP contribution is 2.23. The van der Waals surface area contributed by atoms with Gasteiger partial charge in [-0.15, -0.1) is 0 Å². The van der Waals surface area contributed by atoms with Gasteiger partial charge in [0.2, 0.25) is 5.95 Å². The van der Waals surface area contributed by atoms with Crippen molar-refractivity contribution < 1.29 is 4.74 Å². The molecule has 0 radical (unpaired) electrons. The highest BCUT2D eigenvalue weighted by Gasteiger charge is 2.30. The van der Waals surface area contributed by atoms with Gasteiger partial charge >= 0.3 is 0 Å². The molecule has 0 saturated carbocycles. The molecule has 2 saturated heterocycles. The number of aryl methyl sites for hydroxylation is 1. The Hall–Kier alpha value is -1.07. The summed E-state index contributed by atoms with van der Waals surface area (Å²) >= 11 is 0. The number of anilines is 1. The monoisotopic (exact) mass is 278 g/mol. The van der Waals surface area contributed by atoms with Crippen LogP contribution in [-0.4, -0.2) is 47.9 Å². The van der Waals surface area contributed by atoms with E-state index in [2.05, 4.69) is 26.0 Å². The van der Waals surface area contributed by atoms with Gasteiger partial charge in [0.1, 0.15) is 0 Å².